The highest BCUT2D eigenvalue weighted by atomic mass is 16.4. The van der Waals surface area contributed by atoms with Crippen LogP contribution in [0.5, 0.6) is 0 Å². The second kappa shape index (κ2) is 8.30. The molecule has 3 aromatic carbocycles. The number of nitrogens with two attached hydrogens (primary N) is 1. The average molecular weight is 399 g/mol. The van der Waals surface area contributed by atoms with E-state index in [4.69, 9.17) is 11.1 Å². The number of carboxylic acid groups (broad SMARTS) is 1. The van der Waals surface area contributed by atoms with Crippen LogP contribution in [0, 0.1) is 17.3 Å². The highest BCUT2D eigenvalue weighted by Gasteiger charge is 2.25. The first-order valence-electron chi connectivity index (χ1n) is 9.63. The van der Waals surface area contributed by atoms with Gasteiger partial charge in [-0.15, -0.1) is 0 Å². The van der Waals surface area contributed by atoms with Gasteiger partial charge in [0.05, 0.1) is 0 Å². The van der Waals surface area contributed by atoms with E-state index < -0.39 is 11.6 Å². The third-order valence-corrected chi connectivity index (χ3v) is 4.84. The largest absolute Gasteiger partial charge is 0.465 e. The molecule has 1 amide bonds. The van der Waals surface area contributed by atoms with E-state index in [-0.39, 0.29) is 5.84 Å². The summed E-state index contributed by atoms with van der Waals surface area (Å²) in [5.74, 6) is 6.38. The molecule has 0 aliphatic carbocycles. The van der Waals surface area contributed by atoms with Crippen molar-refractivity contribution in [1.82, 2.24) is 4.90 Å². The summed E-state index contributed by atoms with van der Waals surface area (Å²) in [6.45, 7) is 5.97. The molecule has 0 fully saturated rings. The van der Waals surface area contributed by atoms with E-state index in [0.717, 1.165) is 27.5 Å². The Labute approximate surface area is 176 Å². The van der Waals surface area contributed by atoms with E-state index in [0.29, 0.717) is 12.1 Å². The number of hydrogen-bond donors (Lipinski definition) is 3. The van der Waals surface area contributed by atoms with Crippen molar-refractivity contribution in [2.75, 3.05) is 0 Å². The summed E-state index contributed by atoms with van der Waals surface area (Å²) in [5.41, 5.74) is 8.47. The molecule has 0 aliphatic rings. The quantitative estimate of drug-likeness (QED) is 0.336. The van der Waals surface area contributed by atoms with Gasteiger partial charge in [0.15, 0.2) is 0 Å². The van der Waals surface area contributed by atoms with Crippen LogP contribution in [0.15, 0.2) is 60.7 Å². The molecule has 0 spiro atoms. The predicted molar refractivity (Wildman–Crippen MR) is 121 cm³/mol. The standard InChI is InChI=1S/C25H25N3O2/c1-25(2,3)28(24(29)30)16-19-8-5-17(6-9-19)4-7-18-10-11-21-15-22(23(26)27)13-12-20(21)14-18/h5-6,8-15H,16H2,1-3H3,(H3,26,27)(H,29,30). The van der Waals surface area contributed by atoms with Crippen molar-refractivity contribution in [3.05, 3.63) is 82.9 Å². The molecule has 152 valence electrons. The highest BCUT2D eigenvalue weighted by Crippen LogP contribution is 2.19. The summed E-state index contributed by atoms with van der Waals surface area (Å²) in [5, 5.41) is 19.0. The number of fused-ring (bicyclic) bond motifs is 1. The molecule has 0 saturated carbocycles. The second-order valence-corrected chi connectivity index (χ2v) is 8.18. The molecule has 3 rings (SSSR count). The molecule has 0 atom stereocenters. The monoisotopic (exact) mass is 399 g/mol. The number of amides is 1. The normalized spacial score (nSPS) is 10.9. The zero-order valence-electron chi connectivity index (χ0n) is 17.4. The zero-order valence-corrected chi connectivity index (χ0v) is 17.4. The fourth-order valence-electron chi connectivity index (χ4n) is 3.10. The van der Waals surface area contributed by atoms with Crippen molar-refractivity contribution >= 4 is 22.7 Å². The number of nitrogens with zero attached hydrogens (tertiary/aromatic N) is 1. The van der Waals surface area contributed by atoms with Crippen LogP contribution < -0.4 is 5.73 Å². The summed E-state index contributed by atoms with van der Waals surface area (Å²) in [6.07, 6.45) is -0.932. The molecule has 0 bridgehead atoms. The van der Waals surface area contributed by atoms with Crippen molar-refractivity contribution in [2.45, 2.75) is 32.9 Å². The first-order chi connectivity index (χ1) is 14.1. The number of hydrogen-bond acceptors (Lipinski definition) is 2. The van der Waals surface area contributed by atoms with Gasteiger partial charge in [-0.05, 0) is 67.4 Å². The van der Waals surface area contributed by atoms with E-state index in [2.05, 4.69) is 11.8 Å². The van der Waals surface area contributed by atoms with Gasteiger partial charge in [0.25, 0.3) is 0 Å². The van der Waals surface area contributed by atoms with Crippen LogP contribution in [0.4, 0.5) is 4.79 Å². The topological polar surface area (TPSA) is 90.4 Å². The number of carbonyl (C=O) groups is 1. The van der Waals surface area contributed by atoms with Gasteiger partial charge >= 0.3 is 6.09 Å². The number of nitrogens with one attached hydrogen (secondary N) is 1. The van der Waals surface area contributed by atoms with Gasteiger partial charge in [-0.1, -0.05) is 42.2 Å². The minimum absolute atomic E-state index is 0.0539. The third-order valence-electron chi connectivity index (χ3n) is 4.84. The fourth-order valence-corrected chi connectivity index (χ4v) is 3.10. The fraction of sp³-hybridized carbons (Fsp3) is 0.200. The van der Waals surface area contributed by atoms with Crippen molar-refractivity contribution in [3.8, 4) is 11.8 Å². The molecule has 4 N–H and O–H groups in total. The molecule has 5 nitrogen and oxygen atoms in total. The minimum atomic E-state index is -0.932. The van der Waals surface area contributed by atoms with Gasteiger partial charge < -0.3 is 10.8 Å². The van der Waals surface area contributed by atoms with Crippen LogP contribution in [-0.2, 0) is 6.54 Å². The Bertz CT molecular complexity index is 1160. The first kappa shape index (κ1) is 20.9. The summed E-state index contributed by atoms with van der Waals surface area (Å²) in [6, 6.07) is 19.2. The molecule has 0 heterocycles. The van der Waals surface area contributed by atoms with E-state index in [1.807, 2.05) is 81.4 Å². The van der Waals surface area contributed by atoms with Crippen LogP contribution in [-0.4, -0.2) is 27.5 Å². The SMILES string of the molecule is CC(C)(C)N(Cc1ccc(C#Cc2ccc3cc(C(=N)N)ccc3c2)cc1)C(=O)O. The number of nitrogen functional groups attached to an aromatic ring is 1. The van der Waals surface area contributed by atoms with E-state index >= 15 is 0 Å². The Hall–Kier alpha value is -3.78. The van der Waals surface area contributed by atoms with Gasteiger partial charge in [-0.2, -0.15) is 0 Å². The Kier molecular flexibility index (Phi) is 5.79. The van der Waals surface area contributed by atoms with Gasteiger partial charge in [0, 0.05) is 28.8 Å². The predicted octanol–water partition coefficient (Wildman–Crippen LogP) is 4.80. The number of benzene rings is 3. The Morgan fingerprint density at radius 2 is 1.53 bits per heavy atom. The smallest absolute Gasteiger partial charge is 0.408 e. The van der Waals surface area contributed by atoms with Crippen LogP contribution >= 0.6 is 0 Å². The summed E-state index contributed by atoms with van der Waals surface area (Å²) >= 11 is 0. The van der Waals surface area contributed by atoms with Crippen LogP contribution in [0.1, 0.15) is 43.0 Å². The molecule has 0 aliphatic heterocycles. The third kappa shape index (κ3) is 4.98. The maximum atomic E-state index is 11.5. The van der Waals surface area contributed by atoms with Crippen LogP contribution in [0.3, 0.4) is 0 Å². The van der Waals surface area contributed by atoms with Crippen molar-refractivity contribution in [2.24, 2.45) is 5.73 Å². The summed E-state index contributed by atoms with van der Waals surface area (Å²) < 4.78 is 0. The lowest BCUT2D eigenvalue weighted by atomic mass is 10.0. The minimum Gasteiger partial charge on any atom is -0.465 e. The van der Waals surface area contributed by atoms with Gasteiger partial charge in [0.1, 0.15) is 5.84 Å². The molecule has 5 heteroatoms. The lowest BCUT2D eigenvalue weighted by molar-refractivity contribution is 0.0955. The molecule has 0 saturated heterocycles. The second-order valence-electron chi connectivity index (χ2n) is 8.18. The Morgan fingerprint density at radius 3 is 2.13 bits per heavy atom. The molecule has 0 radical (unpaired) electrons. The zero-order chi connectivity index (χ0) is 21.9. The lowest BCUT2D eigenvalue weighted by Gasteiger charge is -2.33. The van der Waals surface area contributed by atoms with Crippen molar-refractivity contribution < 1.29 is 9.90 Å². The molecule has 0 unspecified atom stereocenters. The molecular formula is C25H25N3O2. The van der Waals surface area contributed by atoms with Gasteiger partial charge in [-0.25, -0.2) is 4.79 Å². The molecular weight excluding hydrogens is 374 g/mol. The van der Waals surface area contributed by atoms with E-state index in [9.17, 15) is 9.90 Å². The highest BCUT2D eigenvalue weighted by molar-refractivity contribution is 5.99. The summed E-state index contributed by atoms with van der Waals surface area (Å²) in [4.78, 5) is 12.9. The lowest BCUT2D eigenvalue weighted by Crippen LogP contribution is -2.44. The number of rotatable bonds is 3. The number of amidine groups is 1. The maximum absolute atomic E-state index is 11.5. The van der Waals surface area contributed by atoms with Gasteiger partial charge in [-0.3, -0.25) is 10.3 Å². The Morgan fingerprint density at radius 1 is 0.967 bits per heavy atom. The van der Waals surface area contributed by atoms with Crippen LogP contribution in [0.25, 0.3) is 10.8 Å². The molecule has 30 heavy (non-hydrogen) atoms. The maximum Gasteiger partial charge on any atom is 0.408 e. The molecule has 3 aromatic rings. The average Bonchev–Trinajstić information content (AvgIpc) is 2.69. The van der Waals surface area contributed by atoms with E-state index in [1.165, 1.54) is 4.90 Å². The van der Waals surface area contributed by atoms with Crippen molar-refractivity contribution in [3.63, 3.8) is 0 Å². The van der Waals surface area contributed by atoms with Crippen LogP contribution in [0.2, 0.25) is 0 Å². The first-order valence-corrected chi connectivity index (χ1v) is 9.63. The Balaban J connectivity index is 1.77. The summed E-state index contributed by atoms with van der Waals surface area (Å²) in [7, 11) is 0. The molecule has 0 aromatic heterocycles. The van der Waals surface area contributed by atoms with Gasteiger partial charge in [0.2, 0.25) is 0 Å². The van der Waals surface area contributed by atoms with Crippen molar-refractivity contribution in [1.29, 1.82) is 5.41 Å². The van der Waals surface area contributed by atoms with E-state index in [1.54, 1.807) is 0 Å².